The maximum Gasteiger partial charge on any atom is 0.307 e. The zero-order valence-electron chi connectivity index (χ0n) is 9.20. The summed E-state index contributed by atoms with van der Waals surface area (Å²) >= 11 is 0. The Kier molecular flexibility index (Phi) is 4.16. The summed E-state index contributed by atoms with van der Waals surface area (Å²) in [5.74, 6) is -1.19. The number of aryl methyl sites for hydroxylation is 1. The van der Waals surface area contributed by atoms with Crippen molar-refractivity contribution in [3.05, 3.63) is 34.4 Å². The molecule has 0 spiro atoms. The second kappa shape index (κ2) is 5.39. The first-order valence-electron chi connectivity index (χ1n) is 5.05. The number of nitriles is 1. The van der Waals surface area contributed by atoms with Crippen LogP contribution in [0.4, 0.5) is 8.78 Å². The maximum atomic E-state index is 12.9. The maximum absolute atomic E-state index is 12.9. The van der Waals surface area contributed by atoms with Gasteiger partial charge < -0.3 is 5.11 Å². The Morgan fingerprint density at radius 2 is 2.06 bits per heavy atom. The Labute approximate surface area is 97.3 Å². The zero-order chi connectivity index (χ0) is 13.0. The molecule has 0 bridgehead atoms. The van der Waals surface area contributed by atoms with Crippen LogP contribution in [0, 0.1) is 11.3 Å². The van der Waals surface area contributed by atoms with Crippen molar-refractivity contribution < 1.29 is 18.7 Å². The lowest BCUT2D eigenvalue weighted by Gasteiger charge is -2.12. The van der Waals surface area contributed by atoms with Crippen LogP contribution in [0.2, 0.25) is 0 Å². The minimum absolute atomic E-state index is 0.00116. The first-order valence-corrected chi connectivity index (χ1v) is 5.05. The van der Waals surface area contributed by atoms with Crippen molar-refractivity contribution >= 4 is 5.97 Å². The number of nitrogens with zero attached hydrogens (tertiary/aromatic N) is 1. The molecule has 0 aromatic heterocycles. The third kappa shape index (κ3) is 2.78. The standard InChI is InChI=1S/C12H11F2NO2/c1-2-7-3-4-8(5-10(16)17)11(12(13)14)9(7)6-15/h3-4,12H,2,5H2,1H3,(H,16,17). The summed E-state index contributed by atoms with van der Waals surface area (Å²) in [7, 11) is 0. The van der Waals surface area contributed by atoms with E-state index < -0.39 is 24.4 Å². The van der Waals surface area contributed by atoms with Gasteiger partial charge in [0.2, 0.25) is 0 Å². The predicted molar refractivity (Wildman–Crippen MR) is 56.8 cm³/mol. The van der Waals surface area contributed by atoms with Crippen molar-refractivity contribution in [3.8, 4) is 6.07 Å². The molecule has 0 saturated heterocycles. The van der Waals surface area contributed by atoms with Gasteiger partial charge in [-0.25, -0.2) is 8.78 Å². The Balaban J connectivity index is 3.43. The van der Waals surface area contributed by atoms with Gasteiger partial charge in [-0.3, -0.25) is 4.79 Å². The average molecular weight is 239 g/mol. The van der Waals surface area contributed by atoms with Crippen LogP contribution < -0.4 is 0 Å². The first kappa shape index (κ1) is 13.1. The lowest BCUT2D eigenvalue weighted by Crippen LogP contribution is -2.07. The summed E-state index contributed by atoms with van der Waals surface area (Å²) in [5.41, 5.74) is -0.0336. The average Bonchev–Trinajstić information content (AvgIpc) is 2.26. The SMILES string of the molecule is CCc1ccc(CC(=O)O)c(C(F)F)c1C#N. The molecule has 1 rings (SSSR count). The smallest absolute Gasteiger partial charge is 0.307 e. The van der Waals surface area contributed by atoms with E-state index in [1.807, 2.05) is 0 Å². The first-order chi connectivity index (χ1) is 8.01. The molecule has 0 saturated carbocycles. The van der Waals surface area contributed by atoms with Gasteiger partial charge in [-0.15, -0.1) is 0 Å². The van der Waals surface area contributed by atoms with Gasteiger partial charge in [0, 0.05) is 5.56 Å². The van der Waals surface area contributed by atoms with E-state index in [0.29, 0.717) is 12.0 Å². The summed E-state index contributed by atoms with van der Waals surface area (Å²) in [6.45, 7) is 1.75. The van der Waals surface area contributed by atoms with Gasteiger partial charge in [0.15, 0.2) is 0 Å². The molecule has 0 heterocycles. The van der Waals surface area contributed by atoms with E-state index in [1.54, 1.807) is 13.0 Å². The largest absolute Gasteiger partial charge is 0.481 e. The number of hydrogen-bond acceptors (Lipinski definition) is 2. The third-order valence-electron chi connectivity index (χ3n) is 2.47. The van der Waals surface area contributed by atoms with Crippen molar-refractivity contribution in [1.29, 1.82) is 5.26 Å². The summed E-state index contributed by atoms with van der Waals surface area (Å²) in [5, 5.41) is 17.5. The quantitative estimate of drug-likeness (QED) is 0.878. The fraction of sp³-hybridized carbons (Fsp3) is 0.333. The predicted octanol–water partition coefficient (Wildman–Crippen LogP) is 2.69. The lowest BCUT2D eigenvalue weighted by molar-refractivity contribution is -0.136. The molecule has 1 aromatic carbocycles. The van der Waals surface area contributed by atoms with Gasteiger partial charge in [0.25, 0.3) is 6.43 Å². The fourth-order valence-electron chi connectivity index (χ4n) is 1.70. The van der Waals surface area contributed by atoms with Crippen LogP contribution in [-0.2, 0) is 17.6 Å². The summed E-state index contributed by atoms with van der Waals surface area (Å²) in [6.07, 6.45) is -2.89. The van der Waals surface area contributed by atoms with Crippen LogP contribution in [0.1, 0.15) is 35.6 Å². The number of carboxylic acids is 1. The highest BCUT2D eigenvalue weighted by Gasteiger charge is 2.21. The van der Waals surface area contributed by atoms with Crippen molar-refractivity contribution in [1.82, 2.24) is 0 Å². The molecule has 0 amide bonds. The molecule has 0 atom stereocenters. The monoisotopic (exact) mass is 239 g/mol. The van der Waals surface area contributed by atoms with Crippen LogP contribution in [0.3, 0.4) is 0 Å². The Hall–Kier alpha value is -1.96. The van der Waals surface area contributed by atoms with Crippen LogP contribution in [-0.4, -0.2) is 11.1 Å². The van der Waals surface area contributed by atoms with Crippen molar-refractivity contribution in [2.24, 2.45) is 0 Å². The summed E-state index contributed by atoms with van der Waals surface area (Å²) in [4.78, 5) is 10.6. The number of hydrogen-bond donors (Lipinski definition) is 1. The second-order valence-corrected chi connectivity index (χ2v) is 3.51. The molecular formula is C12H11F2NO2. The second-order valence-electron chi connectivity index (χ2n) is 3.51. The number of halogens is 2. The molecule has 90 valence electrons. The number of rotatable bonds is 4. The molecule has 0 fully saturated rings. The molecule has 0 unspecified atom stereocenters. The Bertz CT molecular complexity index is 478. The van der Waals surface area contributed by atoms with Crippen LogP contribution in [0.5, 0.6) is 0 Å². The van der Waals surface area contributed by atoms with Crippen molar-refractivity contribution in [2.75, 3.05) is 0 Å². The third-order valence-corrected chi connectivity index (χ3v) is 2.47. The van der Waals surface area contributed by atoms with Crippen molar-refractivity contribution in [3.63, 3.8) is 0 Å². The van der Waals surface area contributed by atoms with Crippen molar-refractivity contribution in [2.45, 2.75) is 26.2 Å². The summed E-state index contributed by atoms with van der Waals surface area (Å²) in [6, 6.07) is 4.62. The van der Waals surface area contributed by atoms with Gasteiger partial charge in [0.05, 0.1) is 18.1 Å². The molecule has 5 heteroatoms. The number of carbonyl (C=O) groups is 1. The number of alkyl halides is 2. The number of benzene rings is 1. The number of aliphatic carboxylic acids is 1. The van der Waals surface area contributed by atoms with E-state index in [1.165, 1.54) is 12.1 Å². The molecule has 17 heavy (non-hydrogen) atoms. The van der Waals surface area contributed by atoms with Crippen LogP contribution >= 0.6 is 0 Å². The Morgan fingerprint density at radius 3 is 2.47 bits per heavy atom. The van der Waals surface area contributed by atoms with E-state index in [4.69, 9.17) is 10.4 Å². The molecule has 0 aliphatic heterocycles. The zero-order valence-corrected chi connectivity index (χ0v) is 9.20. The van der Waals surface area contributed by atoms with Gasteiger partial charge in [0.1, 0.15) is 0 Å². The topological polar surface area (TPSA) is 61.1 Å². The minimum atomic E-state index is -2.84. The van der Waals surface area contributed by atoms with E-state index >= 15 is 0 Å². The normalized spacial score (nSPS) is 10.3. The molecule has 1 N–H and O–H groups in total. The molecule has 0 aliphatic carbocycles. The van der Waals surface area contributed by atoms with E-state index in [-0.39, 0.29) is 11.1 Å². The lowest BCUT2D eigenvalue weighted by atomic mass is 9.94. The van der Waals surface area contributed by atoms with E-state index in [9.17, 15) is 13.6 Å². The molecule has 0 radical (unpaired) electrons. The number of carboxylic acid groups (broad SMARTS) is 1. The van der Waals surface area contributed by atoms with Gasteiger partial charge >= 0.3 is 5.97 Å². The van der Waals surface area contributed by atoms with Crippen LogP contribution in [0.25, 0.3) is 0 Å². The van der Waals surface area contributed by atoms with Gasteiger partial charge in [-0.1, -0.05) is 19.1 Å². The fourth-order valence-corrected chi connectivity index (χ4v) is 1.70. The molecular weight excluding hydrogens is 228 g/mol. The van der Waals surface area contributed by atoms with Crippen LogP contribution in [0.15, 0.2) is 12.1 Å². The van der Waals surface area contributed by atoms with Gasteiger partial charge in [-0.05, 0) is 17.5 Å². The minimum Gasteiger partial charge on any atom is -0.481 e. The van der Waals surface area contributed by atoms with Gasteiger partial charge in [-0.2, -0.15) is 5.26 Å². The van der Waals surface area contributed by atoms with E-state index in [2.05, 4.69) is 0 Å². The highest BCUT2D eigenvalue weighted by atomic mass is 19.3. The highest BCUT2D eigenvalue weighted by Crippen LogP contribution is 2.29. The molecule has 1 aromatic rings. The summed E-state index contributed by atoms with van der Waals surface area (Å²) < 4.78 is 25.8. The van der Waals surface area contributed by atoms with E-state index in [0.717, 1.165) is 0 Å². The highest BCUT2D eigenvalue weighted by molar-refractivity contribution is 5.71. The Morgan fingerprint density at radius 1 is 1.47 bits per heavy atom. The molecule has 3 nitrogen and oxygen atoms in total. The molecule has 0 aliphatic rings.